The van der Waals surface area contributed by atoms with Crippen LogP contribution in [0.3, 0.4) is 0 Å². The highest BCUT2D eigenvalue weighted by molar-refractivity contribution is 7.99. The van der Waals surface area contributed by atoms with Gasteiger partial charge in [0.15, 0.2) is 0 Å². The second-order valence-electron chi connectivity index (χ2n) is 5.76. The average molecular weight is 387 g/mol. The van der Waals surface area contributed by atoms with Gasteiger partial charge >= 0.3 is 6.36 Å². The zero-order valence-electron chi connectivity index (χ0n) is 13.8. The van der Waals surface area contributed by atoms with Crippen molar-refractivity contribution in [1.82, 2.24) is 15.1 Å². The average Bonchev–Trinajstić information content (AvgIpc) is 3.16. The molecule has 0 N–H and O–H groups in total. The van der Waals surface area contributed by atoms with Gasteiger partial charge in [-0.3, -0.25) is 4.79 Å². The minimum Gasteiger partial charge on any atom is -0.414 e. The van der Waals surface area contributed by atoms with Gasteiger partial charge in [-0.2, -0.15) is 0 Å². The first-order valence-corrected chi connectivity index (χ1v) is 8.80. The Morgan fingerprint density at radius 3 is 2.65 bits per heavy atom. The lowest BCUT2D eigenvalue weighted by Gasteiger charge is -2.12. The first-order valence-electron chi connectivity index (χ1n) is 7.93. The number of ether oxygens (including phenoxy) is 1. The molecule has 1 saturated heterocycles. The Morgan fingerprint density at radius 2 is 2.04 bits per heavy atom. The molecule has 1 aromatic carbocycles. The number of rotatable bonds is 6. The van der Waals surface area contributed by atoms with E-state index in [9.17, 15) is 18.0 Å². The molecule has 2 heterocycles. The van der Waals surface area contributed by atoms with Gasteiger partial charge in [-0.05, 0) is 31.0 Å². The lowest BCUT2D eigenvalue weighted by atomic mass is 10.2. The first kappa shape index (κ1) is 18.6. The third-order valence-electron chi connectivity index (χ3n) is 3.81. The number of amides is 1. The summed E-state index contributed by atoms with van der Waals surface area (Å²) in [6, 6.07) is 5.63. The third-order valence-corrected chi connectivity index (χ3v) is 4.80. The summed E-state index contributed by atoms with van der Waals surface area (Å²) >= 11 is 1.29. The molecule has 1 aliphatic rings. The highest BCUT2D eigenvalue weighted by Gasteiger charge is 2.31. The quantitative estimate of drug-likeness (QED) is 0.700. The normalized spacial score (nSPS) is 16.2. The number of halogens is 3. The van der Waals surface area contributed by atoms with Crippen LogP contribution in [0.4, 0.5) is 13.2 Å². The molecule has 0 radical (unpaired) electrons. The number of hydrogen-bond donors (Lipinski definition) is 0. The van der Waals surface area contributed by atoms with Crippen molar-refractivity contribution in [1.29, 1.82) is 0 Å². The van der Waals surface area contributed by atoms with Crippen molar-refractivity contribution in [3.8, 4) is 5.75 Å². The molecule has 1 unspecified atom stereocenters. The summed E-state index contributed by atoms with van der Waals surface area (Å²) in [7, 11) is 0. The molecule has 1 aromatic heterocycles. The summed E-state index contributed by atoms with van der Waals surface area (Å²) in [6.45, 7) is 2.86. The van der Waals surface area contributed by atoms with Gasteiger partial charge in [0.1, 0.15) is 5.75 Å². The number of alkyl halides is 3. The molecule has 1 atom stereocenters. The predicted molar refractivity (Wildman–Crippen MR) is 86.3 cm³/mol. The molecule has 26 heavy (non-hydrogen) atoms. The third kappa shape index (κ3) is 4.90. The van der Waals surface area contributed by atoms with Gasteiger partial charge in [0.05, 0.1) is 6.54 Å². The van der Waals surface area contributed by atoms with Crippen LogP contribution in [0.25, 0.3) is 0 Å². The van der Waals surface area contributed by atoms with Crippen molar-refractivity contribution in [2.45, 2.75) is 43.1 Å². The van der Waals surface area contributed by atoms with E-state index < -0.39 is 6.36 Å². The summed E-state index contributed by atoms with van der Waals surface area (Å²) in [6.07, 6.45) is -3.33. The monoisotopic (exact) mass is 387 g/mol. The van der Waals surface area contributed by atoms with E-state index in [1.807, 2.05) is 6.92 Å². The molecule has 10 heteroatoms. The molecule has 0 aliphatic carbocycles. The number of nitrogens with zero attached hydrogens (tertiary/aromatic N) is 3. The SMILES string of the molecule is CC(Sc1nnc(CN2CCCC2=O)o1)c1ccc(OC(F)(F)F)cc1. The lowest BCUT2D eigenvalue weighted by Crippen LogP contribution is -2.23. The fourth-order valence-electron chi connectivity index (χ4n) is 2.54. The van der Waals surface area contributed by atoms with E-state index in [-0.39, 0.29) is 16.9 Å². The Labute approximate surface area is 151 Å². The Hall–Kier alpha value is -2.23. The molecule has 0 spiro atoms. The number of likely N-dealkylation sites (tertiary alicyclic amines) is 1. The van der Waals surface area contributed by atoms with Crippen LogP contribution in [-0.2, 0) is 11.3 Å². The summed E-state index contributed by atoms with van der Waals surface area (Å²) in [5.41, 5.74) is 0.791. The maximum Gasteiger partial charge on any atom is 0.573 e. The zero-order valence-corrected chi connectivity index (χ0v) is 14.6. The van der Waals surface area contributed by atoms with E-state index in [0.29, 0.717) is 30.6 Å². The van der Waals surface area contributed by atoms with E-state index >= 15 is 0 Å². The van der Waals surface area contributed by atoms with E-state index in [2.05, 4.69) is 14.9 Å². The molecule has 140 valence electrons. The second-order valence-corrected chi connectivity index (χ2v) is 7.05. The van der Waals surface area contributed by atoms with Crippen molar-refractivity contribution in [3.05, 3.63) is 35.7 Å². The summed E-state index contributed by atoms with van der Waals surface area (Å²) < 4.78 is 45.9. The maximum atomic E-state index is 12.2. The standard InChI is InChI=1S/C16H16F3N3O3S/c1-10(11-4-6-12(7-5-11)25-16(17,18)19)26-15-21-20-13(24-15)9-22-8-2-3-14(22)23/h4-7,10H,2-3,8-9H2,1H3. The Morgan fingerprint density at radius 1 is 1.31 bits per heavy atom. The van der Waals surface area contributed by atoms with Crippen LogP contribution in [-0.4, -0.2) is 33.9 Å². The van der Waals surface area contributed by atoms with Crippen LogP contribution in [0.15, 0.2) is 33.9 Å². The zero-order chi connectivity index (χ0) is 18.7. The predicted octanol–water partition coefficient (Wildman–Crippen LogP) is 3.94. The fraction of sp³-hybridized carbons (Fsp3) is 0.438. The largest absolute Gasteiger partial charge is 0.573 e. The van der Waals surface area contributed by atoms with Crippen LogP contribution < -0.4 is 4.74 Å². The van der Waals surface area contributed by atoms with Crippen LogP contribution in [0.1, 0.15) is 36.5 Å². The van der Waals surface area contributed by atoms with E-state index in [4.69, 9.17) is 4.42 Å². The van der Waals surface area contributed by atoms with Gasteiger partial charge in [-0.25, -0.2) is 0 Å². The van der Waals surface area contributed by atoms with Gasteiger partial charge in [0.25, 0.3) is 5.22 Å². The van der Waals surface area contributed by atoms with Crippen molar-refractivity contribution in [2.75, 3.05) is 6.54 Å². The number of aromatic nitrogens is 2. The molecular weight excluding hydrogens is 371 g/mol. The molecule has 1 aliphatic heterocycles. The molecule has 6 nitrogen and oxygen atoms in total. The van der Waals surface area contributed by atoms with Crippen LogP contribution in [0.2, 0.25) is 0 Å². The molecular formula is C16H16F3N3O3S. The van der Waals surface area contributed by atoms with E-state index in [0.717, 1.165) is 12.0 Å². The summed E-state index contributed by atoms with van der Waals surface area (Å²) in [5, 5.41) is 8.12. The number of carbonyl (C=O) groups excluding carboxylic acids is 1. The molecule has 0 saturated carbocycles. The summed E-state index contributed by atoms with van der Waals surface area (Å²) in [5.74, 6) is 0.171. The Bertz CT molecular complexity index is 764. The van der Waals surface area contributed by atoms with E-state index in [1.54, 1.807) is 17.0 Å². The van der Waals surface area contributed by atoms with Gasteiger partial charge in [-0.1, -0.05) is 23.9 Å². The molecule has 1 fully saturated rings. The van der Waals surface area contributed by atoms with Crippen molar-refractivity contribution >= 4 is 17.7 Å². The van der Waals surface area contributed by atoms with Gasteiger partial charge in [0, 0.05) is 18.2 Å². The second kappa shape index (κ2) is 7.56. The van der Waals surface area contributed by atoms with Crippen LogP contribution in [0, 0.1) is 0 Å². The fourth-order valence-corrected chi connectivity index (χ4v) is 3.37. The minimum absolute atomic E-state index is 0.0759. The smallest absolute Gasteiger partial charge is 0.414 e. The highest BCUT2D eigenvalue weighted by atomic mass is 32.2. The number of hydrogen-bond acceptors (Lipinski definition) is 6. The van der Waals surface area contributed by atoms with Crippen molar-refractivity contribution < 1.29 is 27.1 Å². The number of benzene rings is 1. The lowest BCUT2D eigenvalue weighted by molar-refractivity contribution is -0.274. The molecule has 2 aromatic rings. The minimum atomic E-state index is -4.71. The van der Waals surface area contributed by atoms with Gasteiger partial charge in [0.2, 0.25) is 11.8 Å². The highest BCUT2D eigenvalue weighted by Crippen LogP contribution is 2.35. The van der Waals surface area contributed by atoms with Crippen molar-refractivity contribution in [3.63, 3.8) is 0 Å². The maximum absolute atomic E-state index is 12.2. The van der Waals surface area contributed by atoms with Crippen LogP contribution in [0.5, 0.6) is 5.75 Å². The summed E-state index contributed by atoms with van der Waals surface area (Å²) in [4.78, 5) is 13.3. The van der Waals surface area contributed by atoms with E-state index in [1.165, 1.54) is 23.9 Å². The van der Waals surface area contributed by atoms with Gasteiger partial charge < -0.3 is 14.1 Å². The van der Waals surface area contributed by atoms with Gasteiger partial charge in [-0.15, -0.1) is 23.4 Å². The molecule has 1 amide bonds. The van der Waals surface area contributed by atoms with Crippen molar-refractivity contribution in [2.24, 2.45) is 0 Å². The van der Waals surface area contributed by atoms with Crippen LogP contribution >= 0.6 is 11.8 Å². The first-order chi connectivity index (χ1) is 12.3. The Kier molecular flexibility index (Phi) is 5.40. The molecule has 3 rings (SSSR count). The topological polar surface area (TPSA) is 68.5 Å². The Balaban J connectivity index is 1.57. The number of carbonyl (C=O) groups is 1. The number of thioether (sulfide) groups is 1. The molecule has 0 bridgehead atoms.